The first kappa shape index (κ1) is 18.2. The molecule has 0 atom stereocenters. The van der Waals surface area contributed by atoms with Crippen LogP contribution in [0.25, 0.3) is 10.8 Å². The third kappa shape index (κ3) is 3.94. The van der Waals surface area contributed by atoms with E-state index >= 15 is 0 Å². The van der Waals surface area contributed by atoms with Crippen molar-refractivity contribution in [3.05, 3.63) is 77.4 Å². The summed E-state index contributed by atoms with van der Waals surface area (Å²) in [6.45, 7) is 2.33. The largest absolute Gasteiger partial charge is 0.493 e. The van der Waals surface area contributed by atoms with Crippen LogP contribution in [0.1, 0.15) is 47.7 Å². The van der Waals surface area contributed by atoms with E-state index in [4.69, 9.17) is 4.74 Å². The van der Waals surface area contributed by atoms with E-state index in [0.29, 0.717) is 29.0 Å². The molecule has 0 N–H and O–H groups in total. The van der Waals surface area contributed by atoms with Crippen molar-refractivity contribution in [2.75, 3.05) is 6.61 Å². The Bertz CT molecular complexity index is 894. The van der Waals surface area contributed by atoms with Crippen LogP contribution in [0.15, 0.2) is 60.7 Å². The molecule has 3 nitrogen and oxygen atoms in total. The molecule has 1 radical (unpaired) electrons. The first-order valence-corrected chi connectivity index (χ1v) is 9.11. The molecular formula is C23H23O3. The zero-order valence-electron chi connectivity index (χ0n) is 15.0. The smallest absolute Gasteiger partial charge is 0.193 e. The SMILES string of the molecule is CCCCCOc1ccc(C(=O)c2cccc3ccccc23)cc1C[O]. The zero-order chi connectivity index (χ0) is 18.4. The molecule has 3 rings (SSSR count). The molecular weight excluding hydrogens is 324 g/mol. The fourth-order valence-corrected chi connectivity index (χ4v) is 3.09. The van der Waals surface area contributed by atoms with Crippen molar-refractivity contribution in [1.82, 2.24) is 0 Å². The molecule has 0 heterocycles. The second-order valence-corrected chi connectivity index (χ2v) is 6.38. The summed E-state index contributed by atoms with van der Waals surface area (Å²) >= 11 is 0. The normalized spacial score (nSPS) is 10.8. The summed E-state index contributed by atoms with van der Waals surface area (Å²) in [4.78, 5) is 13.0. The molecule has 3 heteroatoms. The van der Waals surface area contributed by atoms with Crippen molar-refractivity contribution in [1.29, 1.82) is 0 Å². The molecule has 3 aromatic carbocycles. The van der Waals surface area contributed by atoms with Crippen molar-refractivity contribution in [3.63, 3.8) is 0 Å². The Labute approximate surface area is 154 Å². The highest BCUT2D eigenvalue weighted by atomic mass is 16.5. The molecule has 0 saturated carbocycles. The van der Waals surface area contributed by atoms with E-state index < -0.39 is 6.61 Å². The number of fused-ring (bicyclic) bond motifs is 1. The van der Waals surface area contributed by atoms with E-state index in [9.17, 15) is 9.90 Å². The first-order valence-electron chi connectivity index (χ1n) is 9.11. The summed E-state index contributed by atoms with van der Waals surface area (Å²) in [7, 11) is 0. The molecule has 26 heavy (non-hydrogen) atoms. The number of ether oxygens (including phenoxy) is 1. The van der Waals surface area contributed by atoms with Crippen LogP contribution in [0, 0.1) is 0 Å². The second-order valence-electron chi connectivity index (χ2n) is 6.38. The number of rotatable bonds is 8. The van der Waals surface area contributed by atoms with Crippen LogP contribution >= 0.6 is 0 Å². The highest BCUT2D eigenvalue weighted by Gasteiger charge is 2.15. The first-order chi connectivity index (χ1) is 12.7. The predicted molar refractivity (Wildman–Crippen MR) is 103 cm³/mol. The molecule has 0 spiro atoms. The third-order valence-corrected chi connectivity index (χ3v) is 4.52. The minimum atomic E-state index is -0.403. The van der Waals surface area contributed by atoms with Gasteiger partial charge in [0.15, 0.2) is 5.78 Å². The van der Waals surface area contributed by atoms with Crippen molar-refractivity contribution >= 4 is 16.6 Å². The van der Waals surface area contributed by atoms with Crippen LogP contribution < -0.4 is 4.74 Å². The van der Waals surface area contributed by atoms with Gasteiger partial charge >= 0.3 is 0 Å². The van der Waals surface area contributed by atoms with E-state index in [1.165, 1.54) is 0 Å². The van der Waals surface area contributed by atoms with E-state index in [1.54, 1.807) is 18.2 Å². The molecule has 0 fully saturated rings. The van der Waals surface area contributed by atoms with E-state index in [0.717, 1.165) is 30.0 Å². The fraction of sp³-hybridized carbons (Fsp3) is 0.261. The summed E-state index contributed by atoms with van der Waals surface area (Å²) in [6.07, 6.45) is 3.19. The Balaban J connectivity index is 1.87. The van der Waals surface area contributed by atoms with E-state index in [2.05, 4.69) is 6.92 Å². The minimum Gasteiger partial charge on any atom is -0.493 e. The standard InChI is InChI=1S/C23H23O3/c1-2-3-6-14-26-22-13-12-18(15-19(22)16-24)23(25)21-11-7-9-17-8-4-5-10-20(17)21/h4-5,7-13,15H,2-3,6,14,16H2,1H3. The lowest BCUT2D eigenvalue weighted by atomic mass is 9.96. The number of hydrogen-bond donors (Lipinski definition) is 0. The Morgan fingerprint density at radius 2 is 1.77 bits per heavy atom. The quantitative estimate of drug-likeness (QED) is 0.395. The number of ketones is 1. The van der Waals surface area contributed by atoms with Gasteiger partial charge in [-0.25, -0.2) is 5.11 Å². The van der Waals surface area contributed by atoms with Crippen LogP contribution in [-0.2, 0) is 11.7 Å². The highest BCUT2D eigenvalue weighted by Crippen LogP contribution is 2.25. The predicted octanol–water partition coefficient (Wildman–Crippen LogP) is 5.57. The fourth-order valence-electron chi connectivity index (χ4n) is 3.09. The summed E-state index contributed by atoms with van der Waals surface area (Å²) in [5.74, 6) is 0.514. The average molecular weight is 347 g/mol. The maximum Gasteiger partial charge on any atom is 0.193 e. The lowest BCUT2D eigenvalue weighted by Crippen LogP contribution is -2.05. The van der Waals surface area contributed by atoms with Crippen LogP contribution in [0.4, 0.5) is 0 Å². The maximum atomic E-state index is 13.0. The van der Waals surface area contributed by atoms with Gasteiger partial charge in [0, 0.05) is 16.7 Å². The topological polar surface area (TPSA) is 46.2 Å². The Kier molecular flexibility index (Phi) is 6.03. The maximum absolute atomic E-state index is 13.0. The van der Waals surface area contributed by atoms with Crippen LogP contribution in [-0.4, -0.2) is 12.4 Å². The molecule has 133 valence electrons. The van der Waals surface area contributed by atoms with Gasteiger partial charge in [-0.2, -0.15) is 0 Å². The number of carbonyl (C=O) groups is 1. The third-order valence-electron chi connectivity index (χ3n) is 4.52. The lowest BCUT2D eigenvalue weighted by Gasteiger charge is -2.12. The molecule has 3 aromatic rings. The summed E-state index contributed by atoms with van der Waals surface area (Å²) in [5, 5.41) is 13.5. The molecule has 0 aliphatic heterocycles. The highest BCUT2D eigenvalue weighted by molar-refractivity contribution is 6.16. The Hall–Kier alpha value is -2.65. The molecule has 0 aliphatic rings. The van der Waals surface area contributed by atoms with Gasteiger partial charge in [-0.05, 0) is 35.4 Å². The lowest BCUT2D eigenvalue weighted by molar-refractivity contribution is 0.104. The van der Waals surface area contributed by atoms with Gasteiger partial charge < -0.3 is 4.74 Å². The molecule has 0 saturated heterocycles. The molecule has 0 aliphatic carbocycles. The molecule has 0 bridgehead atoms. The monoisotopic (exact) mass is 347 g/mol. The molecule has 0 unspecified atom stereocenters. The molecule has 0 amide bonds. The summed E-state index contributed by atoms with van der Waals surface area (Å²) < 4.78 is 5.73. The van der Waals surface area contributed by atoms with Gasteiger partial charge in [-0.3, -0.25) is 4.79 Å². The summed E-state index contributed by atoms with van der Waals surface area (Å²) in [6, 6.07) is 18.7. The summed E-state index contributed by atoms with van der Waals surface area (Å²) in [5.41, 5.74) is 1.71. The number of carbonyl (C=O) groups excluding carboxylic acids is 1. The van der Waals surface area contributed by atoms with Gasteiger partial charge in [-0.15, -0.1) is 0 Å². The van der Waals surface area contributed by atoms with Crippen LogP contribution in [0.3, 0.4) is 0 Å². The number of hydrogen-bond acceptors (Lipinski definition) is 2. The van der Waals surface area contributed by atoms with Gasteiger partial charge in [0.2, 0.25) is 0 Å². The van der Waals surface area contributed by atoms with E-state index in [1.807, 2.05) is 42.5 Å². The second kappa shape index (κ2) is 8.63. The average Bonchev–Trinajstić information content (AvgIpc) is 2.70. The van der Waals surface area contributed by atoms with Crippen molar-refractivity contribution in [2.45, 2.75) is 32.8 Å². The molecule has 0 aromatic heterocycles. The zero-order valence-corrected chi connectivity index (χ0v) is 15.0. The van der Waals surface area contributed by atoms with Gasteiger partial charge in [0.25, 0.3) is 0 Å². The number of unbranched alkanes of at least 4 members (excludes halogenated alkanes) is 2. The van der Waals surface area contributed by atoms with Crippen LogP contribution in [0.5, 0.6) is 5.75 Å². The van der Waals surface area contributed by atoms with Gasteiger partial charge in [0.1, 0.15) is 12.4 Å². The Morgan fingerprint density at radius 1 is 0.962 bits per heavy atom. The van der Waals surface area contributed by atoms with Crippen molar-refractivity contribution in [2.24, 2.45) is 0 Å². The number of benzene rings is 3. The van der Waals surface area contributed by atoms with E-state index in [-0.39, 0.29) is 5.78 Å². The van der Waals surface area contributed by atoms with Crippen molar-refractivity contribution < 1.29 is 14.6 Å². The van der Waals surface area contributed by atoms with Crippen molar-refractivity contribution in [3.8, 4) is 5.75 Å². The van der Waals surface area contributed by atoms with Gasteiger partial charge in [-0.1, -0.05) is 62.2 Å². The van der Waals surface area contributed by atoms with Gasteiger partial charge in [0.05, 0.1) is 6.61 Å². The Morgan fingerprint density at radius 3 is 2.58 bits per heavy atom. The minimum absolute atomic E-state index is 0.0750. The van der Waals surface area contributed by atoms with Crippen LogP contribution in [0.2, 0.25) is 0 Å².